The highest BCUT2D eigenvalue weighted by molar-refractivity contribution is 5.83. The summed E-state index contributed by atoms with van der Waals surface area (Å²) in [4.78, 5) is 19.3. The number of pyridine rings is 1. The molecule has 4 heterocycles. The fourth-order valence-corrected chi connectivity index (χ4v) is 5.01. The lowest BCUT2D eigenvalue weighted by Gasteiger charge is -2.23. The number of carbonyl (C=O) groups excluding carboxylic acids is 1. The number of hydrogen-bond donors (Lipinski definition) is 0. The molecule has 0 bridgehead atoms. The Hall–Kier alpha value is -2.69. The number of fused-ring (bicyclic) bond motifs is 3. The largest absolute Gasteiger partial charge is 0.342 e. The summed E-state index contributed by atoms with van der Waals surface area (Å²) < 4.78 is 2.17. The molecule has 5 heteroatoms. The van der Waals surface area contributed by atoms with Crippen molar-refractivity contribution >= 4 is 16.8 Å². The topological polar surface area (TPSA) is 51.0 Å². The van der Waals surface area contributed by atoms with Crippen molar-refractivity contribution in [1.29, 1.82) is 0 Å². The van der Waals surface area contributed by atoms with Crippen LogP contribution in [0.25, 0.3) is 22.2 Å². The van der Waals surface area contributed by atoms with Gasteiger partial charge in [-0.25, -0.2) is 0 Å². The van der Waals surface area contributed by atoms with Gasteiger partial charge in [-0.05, 0) is 49.8 Å². The van der Waals surface area contributed by atoms with Gasteiger partial charge in [-0.3, -0.25) is 14.5 Å². The van der Waals surface area contributed by atoms with Gasteiger partial charge in [0.2, 0.25) is 5.91 Å². The minimum absolute atomic E-state index is 0.0920. The minimum atomic E-state index is 0.0920. The molecular formula is C23H24N4O. The molecule has 1 amide bonds. The van der Waals surface area contributed by atoms with Crippen LogP contribution in [-0.4, -0.2) is 38.7 Å². The molecule has 1 unspecified atom stereocenters. The fraction of sp³-hybridized carbons (Fsp3) is 0.435. The third-order valence-electron chi connectivity index (χ3n) is 6.88. The summed E-state index contributed by atoms with van der Waals surface area (Å²) in [6.07, 6.45) is 7.31. The van der Waals surface area contributed by atoms with Crippen LogP contribution in [0, 0.1) is 5.92 Å². The van der Waals surface area contributed by atoms with Crippen LogP contribution in [0.15, 0.2) is 42.6 Å². The van der Waals surface area contributed by atoms with Gasteiger partial charge in [0, 0.05) is 54.3 Å². The predicted octanol–water partition coefficient (Wildman–Crippen LogP) is 3.77. The van der Waals surface area contributed by atoms with Crippen LogP contribution >= 0.6 is 0 Å². The molecule has 5 nitrogen and oxygen atoms in total. The minimum Gasteiger partial charge on any atom is -0.342 e. The predicted molar refractivity (Wildman–Crippen MR) is 108 cm³/mol. The maximum atomic E-state index is 12.6. The normalized spacial score (nSPS) is 23.6. The quantitative estimate of drug-likeness (QED) is 0.703. The Balaban J connectivity index is 1.29. The van der Waals surface area contributed by atoms with E-state index in [1.165, 1.54) is 18.5 Å². The first-order valence-electron chi connectivity index (χ1n) is 10.4. The lowest BCUT2D eigenvalue weighted by molar-refractivity contribution is -0.130. The van der Waals surface area contributed by atoms with Crippen LogP contribution in [0.3, 0.4) is 0 Å². The summed E-state index contributed by atoms with van der Waals surface area (Å²) in [6, 6.07) is 12.6. The van der Waals surface area contributed by atoms with Crippen LogP contribution in [-0.2, 0) is 16.8 Å². The summed E-state index contributed by atoms with van der Waals surface area (Å²) >= 11 is 0. The number of benzene rings is 1. The number of aryl methyl sites for hydroxylation is 1. The first kappa shape index (κ1) is 16.3. The van der Waals surface area contributed by atoms with Crippen molar-refractivity contribution in [3.8, 4) is 11.3 Å². The van der Waals surface area contributed by atoms with Crippen molar-refractivity contribution < 1.29 is 4.79 Å². The molecule has 2 aliphatic heterocycles. The summed E-state index contributed by atoms with van der Waals surface area (Å²) in [7, 11) is 0. The molecule has 1 saturated carbocycles. The zero-order valence-electron chi connectivity index (χ0n) is 16.0. The van der Waals surface area contributed by atoms with E-state index in [4.69, 9.17) is 5.10 Å². The van der Waals surface area contributed by atoms with E-state index < -0.39 is 0 Å². The Morgan fingerprint density at radius 2 is 2.00 bits per heavy atom. The number of rotatable bonds is 3. The van der Waals surface area contributed by atoms with Crippen LogP contribution in [0.2, 0.25) is 0 Å². The van der Waals surface area contributed by atoms with Crippen LogP contribution < -0.4 is 0 Å². The summed E-state index contributed by atoms with van der Waals surface area (Å²) in [5.41, 5.74) is 4.47. The van der Waals surface area contributed by atoms with Gasteiger partial charge in [-0.1, -0.05) is 18.2 Å². The Kier molecular flexibility index (Phi) is 3.43. The molecule has 142 valence electrons. The first-order valence-corrected chi connectivity index (χ1v) is 10.4. The van der Waals surface area contributed by atoms with Crippen LogP contribution in [0.4, 0.5) is 0 Å². The maximum Gasteiger partial charge on any atom is 0.222 e. The monoisotopic (exact) mass is 372 g/mol. The highest BCUT2D eigenvalue weighted by atomic mass is 16.2. The molecular weight excluding hydrogens is 348 g/mol. The SMILES string of the molecule is O=C(CC1CC1)N1CCC2(CCn3nc(-c4cnc5ccccc5c4)cc32)C1. The maximum absolute atomic E-state index is 12.6. The Bertz CT molecular complexity index is 1080. The second-order valence-electron chi connectivity index (χ2n) is 8.80. The molecule has 1 atom stereocenters. The zero-order chi connectivity index (χ0) is 18.7. The van der Waals surface area contributed by atoms with E-state index in [1.807, 2.05) is 24.4 Å². The van der Waals surface area contributed by atoms with Gasteiger partial charge in [0.1, 0.15) is 0 Å². The van der Waals surface area contributed by atoms with Crippen molar-refractivity contribution in [3.63, 3.8) is 0 Å². The molecule has 2 fully saturated rings. The third kappa shape index (κ3) is 2.56. The number of carbonyl (C=O) groups is 1. The second-order valence-corrected chi connectivity index (χ2v) is 8.80. The van der Waals surface area contributed by atoms with Gasteiger partial charge in [0.05, 0.1) is 11.2 Å². The Labute approximate surface area is 164 Å². The molecule has 2 aromatic heterocycles. The fourth-order valence-electron chi connectivity index (χ4n) is 5.01. The third-order valence-corrected chi connectivity index (χ3v) is 6.88. The Morgan fingerprint density at radius 1 is 1.14 bits per heavy atom. The summed E-state index contributed by atoms with van der Waals surface area (Å²) in [6.45, 7) is 2.70. The Morgan fingerprint density at radius 3 is 2.89 bits per heavy atom. The van der Waals surface area contributed by atoms with Gasteiger partial charge >= 0.3 is 0 Å². The summed E-state index contributed by atoms with van der Waals surface area (Å²) in [5.74, 6) is 1.02. The van der Waals surface area contributed by atoms with E-state index in [-0.39, 0.29) is 5.41 Å². The number of para-hydroxylation sites is 1. The molecule has 6 rings (SSSR count). The number of aromatic nitrogens is 3. The molecule has 1 spiro atoms. The van der Waals surface area contributed by atoms with Gasteiger partial charge in [-0.2, -0.15) is 5.10 Å². The van der Waals surface area contributed by atoms with Crippen molar-refractivity contribution in [2.45, 2.75) is 44.1 Å². The van der Waals surface area contributed by atoms with Crippen molar-refractivity contribution in [3.05, 3.63) is 48.3 Å². The molecule has 3 aliphatic rings. The lowest BCUT2D eigenvalue weighted by Crippen LogP contribution is -2.33. The summed E-state index contributed by atoms with van der Waals surface area (Å²) in [5, 5.41) is 6.03. The molecule has 3 aromatic rings. The molecule has 1 saturated heterocycles. The average Bonchev–Trinajstić information content (AvgIpc) is 3.16. The highest BCUT2D eigenvalue weighted by Crippen LogP contribution is 2.44. The van der Waals surface area contributed by atoms with E-state index >= 15 is 0 Å². The number of amides is 1. The zero-order valence-corrected chi connectivity index (χ0v) is 16.0. The van der Waals surface area contributed by atoms with Gasteiger partial charge in [0.25, 0.3) is 0 Å². The number of hydrogen-bond acceptors (Lipinski definition) is 3. The van der Waals surface area contributed by atoms with Crippen molar-refractivity contribution in [2.24, 2.45) is 5.92 Å². The lowest BCUT2D eigenvalue weighted by atomic mass is 9.82. The van der Waals surface area contributed by atoms with E-state index in [2.05, 4.69) is 32.8 Å². The van der Waals surface area contributed by atoms with E-state index in [0.717, 1.165) is 61.1 Å². The highest BCUT2D eigenvalue weighted by Gasteiger charge is 2.47. The number of likely N-dealkylation sites (tertiary alicyclic amines) is 1. The second kappa shape index (κ2) is 5.90. The van der Waals surface area contributed by atoms with Crippen molar-refractivity contribution in [1.82, 2.24) is 19.7 Å². The molecule has 1 aromatic carbocycles. The van der Waals surface area contributed by atoms with E-state index in [0.29, 0.717) is 11.8 Å². The van der Waals surface area contributed by atoms with E-state index in [1.54, 1.807) is 0 Å². The molecule has 28 heavy (non-hydrogen) atoms. The van der Waals surface area contributed by atoms with Crippen LogP contribution in [0.1, 0.15) is 37.8 Å². The molecule has 1 aliphatic carbocycles. The molecule has 0 N–H and O–H groups in total. The molecule has 0 radical (unpaired) electrons. The van der Waals surface area contributed by atoms with Gasteiger partial charge in [0.15, 0.2) is 0 Å². The van der Waals surface area contributed by atoms with Gasteiger partial charge in [-0.15, -0.1) is 0 Å². The first-order chi connectivity index (χ1) is 13.7. The van der Waals surface area contributed by atoms with Crippen LogP contribution in [0.5, 0.6) is 0 Å². The van der Waals surface area contributed by atoms with Crippen molar-refractivity contribution in [2.75, 3.05) is 13.1 Å². The average molecular weight is 372 g/mol. The van der Waals surface area contributed by atoms with E-state index in [9.17, 15) is 4.79 Å². The van der Waals surface area contributed by atoms with Gasteiger partial charge < -0.3 is 4.90 Å². The standard InChI is InChI=1S/C23H24N4O/c28-22(11-16-5-6-16)26-9-7-23(15-26)8-10-27-21(23)13-20(25-27)18-12-17-3-1-2-4-19(17)24-14-18/h1-4,12-14,16H,5-11,15H2. The smallest absolute Gasteiger partial charge is 0.222 e. The number of nitrogens with zero attached hydrogens (tertiary/aromatic N) is 4.